The van der Waals surface area contributed by atoms with Crippen molar-refractivity contribution in [3.8, 4) is 17.7 Å². The highest BCUT2D eigenvalue weighted by molar-refractivity contribution is 7.92. The number of aromatic amines is 1. The number of H-pyrrole nitrogens is 1. The molecule has 9 nitrogen and oxygen atoms in total. The van der Waals surface area contributed by atoms with Crippen LogP contribution in [0, 0.1) is 23.5 Å². The molecule has 14 heteroatoms. The molecule has 180 valence electrons. The summed E-state index contributed by atoms with van der Waals surface area (Å²) in [4.78, 5) is 6.73. The van der Waals surface area contributed by atoms with Gasteiger partial charge in [-0.2, -0.15) is 5.10 Å². The quantitative estimate of drug-likeness (QED) is 0.279. The van der Waals surface area contributed by atoms with E-state index in [1.165, 1.54) is 12.4 Å². The van der Waals surface area contributed by atoms with Crippen LogP contribution in [-0.2, 0) is 10.0 Å². The molecule has 0 radical (unpaired) electrons. The number of halogens is 4. The Bertz CT molecular complexity index is 1610. The fourth-order valence-electron chi connectivity index (χ4n) is 3.04. The molecule has 4 aromatic rings. The average molecular weight is 506 g/mol. The second-order valence-electron chi connectivity index (χ2n) is 6.93. The summed E-state index contributed by atoms with van der Waals surface area (Å²) in [6.45, 7) is 0. The van der Waals surface area contributed by atoms with Crippen molar-refractivity contribution >= 4 is 32.4 Å². The topological polar surface area (TPSA) is 136 Å². The fourth-order valence-corrected chi connectivity index (χ4v) is 4.25. The summed E-state index contributed by atoms with van der Waals surface area (Å²) in [6, 6.07) is 2.26. The van der Waals surface area contributed by atoms with Gasteiger partial charge in [-0.15, -0.1) is 0 Å². The molecule has 0 aliphatic rings. The Kier molecular flexibility index (Phi) is 6.18. The van der Waals surface area contributed by atoms with Crippen molar-refractivity contribution in [2.75, 3.05) is 17.6 Å². The molecule has 35 heavy (non-hydrogen) atoms. The number of pyridine rings is 2. The number of aromatic nitrogens is 4. The number of nitrogens with two attached hydrogens (primary N) is 1. The van der Waals surface area contributed by atoms with Gasteiger partial charge in [-0.25, -0.2) is 35.9 Å². The van der Waals surface area contributed by atoms with E-state index in [2.05, 4.69) is 32.0 Å². The number of anilines is 2. The maximum Gasteiger partial charge on any atom is 0.267 e. The maximum atomic E-state index is 15.1. The average Bonchev–Trinajstić information content (AvgIpc) is 3.33. The van der Waals surface area contributed by atoms with Gasteiger partial charge in [0.15, 0.2) is 5.82 Å². The smallest absolute Gasteiger partial charge is 0.267 e. The number of rotatable bonds is 5. The van der Waals surface area contributed by atoms with E-state index in [-0.39, 0.29) is 11.4 Å². The lowest BCUT2D eigenvalue weighted by molar-refractivity contribution is 0.150. The third-order valence-corrected chi connectivity index (χ3v) is 6.11. The minimum Gasteiger partial charge on any atom is -0.480 e. The van der Waals surface area contributed by atoms with Crippen LogP contribution in [0.1, 0.15) is 23.1 Å². The molecule has 0 atom stereocenters. The van der Waals surface area contributed by atoms with Crippen molar-refractivity contribution in [3.05, 3.63) is 65.1 Å². The number of hydrogen-bond acceptors (Lipinski definition) is 7. The van der Waals surface area contributed by atoms with E-state index >= 15 is 4.39 Å². The summed E-state index contributed by atoms with van der Waals surface area (Å²) in [5.41, 5.74) is 4.24. The van der Waals surface area contributed by atoms with Gasteiger partial charge in [0.1, 0.15) is 16.5 Å². The van der Waals surface area contributed by atoms with Crippen LogP contribution in [0.5, 0.6) is 5.88 Å². The number of nitrogens with one attached hydrogen (secondary N) is 2. The van der Waals surface area contributed by atoms with Crippen LogP contribution in [0.25, 0.3) is 10.9 Å². The zero-order valence-corrected chi connectivity index (χ0v) is 18.4. The first kappa shape index (κ1) is 23.8. The standard InChI is InChI=1S/C21H14F4N6O3S/c1-34-21-16(6-11(8-28-21)19(24)25)35(32,33)31-15-5-4-14(22)12(17(15)23)3-2-10-7-27-20(26)13-9-29-30-18(10)13/h4-9,19,31H,1H3,(H2,26,27)(H,29,30). The zero-order valence-electron chi connectivity index (χ0n) is 17.6. The lowest BCUT2D eigenvalue weighted by Gasteiger charge is -2.13. The van der Waals surface area contributed by atoms with Crippen LogP contribution in [0.15, 0.2) is 41.7 Å². The molecule has 4 rings (SSSR count). The number of nitrogen functional groups attached to an aromatic ring is 1. The lowest BCUT2D eigenvalue weighted by atomic mass is 10.1. The van der Waals surface area contributed by atoms with E-state index in [0.717, 1.165) is 25.4 Å². The molecule has 0 aliphatic carbocycles. The molecule has 0 amide bonds. The number of sulfonamides is 1. The highest BCUT2D eigenvalue weighted by Crippen LogP contribution is 2.30. The molecule has 0 saturated carbocycles. The summed E-state index contributed by atoms with van der Waals surface area (Å²) < 4.78 is 88.0. The molecular formula is C21H14F4N6O3S. The highest BCUT2D eigenvalue weighted by atomic mass is 32.2. The third kappa shape index (κ3) is 4.53. The number of benzene rings is 1. The van der Waals surface area contributed by atoms with Gasteiger partial charge in [0.2, 0.25) is 5.88 Å². The summed E-state index contributed by atoms with van der Waals surface area (Å²) >= 11 is 0. The molecule has 0 aliphatic heterocycles. The van der Waals surface area contributed by atoms with Crippen LogP contribution in [0.3, 0.4) is 0 Å². The molecule has 0 bridgehead atoms. The SMILES string of the molecule is COc1ncc(C(F)F)cc1S(=O)(=O)Nc1ccc(F)c(C#Cc2cnc(N)c3cn[nH]c23)c1F. The van der Waals surface area contributed by atoms with Gasteiger partial charge >= 0.3 is 0 Å². The Hall–Kier alpha value is -4.38. The van der Waals surface area contributed by atoms with Crippen molar-refractivity contribution in [1.82, 2.24) is 20.2 Å². The number of ether oxygens (including phenoxy) is 1. The third-order valence-electron chi connectivity index (χ3n) is 4.75. The Labute approximate surface area is 195 Å². The Morgan fingerprint density at radius 1 is 1.14 bits per heavy atom. The van der Waals surface area contributed by atoms with Crippen LogP contribution in [0.4, 0.5) is 29.1 Å². The molecule has 0 saturated heterocycles. The van der Waals surface area contributed by atoms with Crippen molar-refractivity contribution < 1.29 is 30.7 Å². The molecule has 0 spiro atoms. The van der Waals surface area contributed by atoms with Gasteiger partial charge in [-0.05, 0) is 18.2 Å². The van der Waals surface area contributed by atoms with Crippen LogP contribution < -0.4 is 15.2 Å². The van der Waals surface area contributed by atoms with E-state index in [9.17, 15) is 21.6 Å². The van der Waals surface area contributed by atoms with Crippen LogP contribution in [0.2, 0.25) is 0 Å². The monoisotopic (exact) mass is 506 g/mol. The Balaban J connectivity index is 1.74. The Morgan fingerprint density at radius 3 is 2.63 bits per heavy atom. The van der Waals surface area contributed by atoms with Gasteiger partial charge in [-0.3, -0.25) is 9.82 Å². The molecular weight excluding hydrogens is 492 g/mol. The van der Waals surface area contributed by atoms with Gasteiger partial charge in [-0.1, -0.05) is 11.8 Å². The number of alkyl halides is 2. The van der Waals surface area contributed by atoms with Crippen molar-refractivity contribution in [2.24, 2.45) is 0 Å². The van der Waals surface area contributed by atoms with Gasteiger partial charge < -0.3 is 10.5 Å². The molecule has 1 aromatic carbocycles. The van der Waals surface area contributed by atoms with E-state index in [1.807, 2.05) is 4.72 Å². The van der Waals surface area contributed by atoms with Gasteiger partial charge in [0, 0.05) is 18.0 Å². The second-order valence-corrected chi connectivity index (χ2v) is 8.58. The van der Waals surface area contributed by atoms with E-state index < -0.39 is 55.7 Å². The molecule has 4 N–H and O–H groups in total. The first-order chi connectivity index (χ1) is 16.6. The predicted octanol–water partition coefficient (Wildman–Crippen LogP) is 3.36. The molecule has 0 unspecified atom stereocenters. The van der Waals surface area contributed by atoms with Crippen molar-refractivity contribution in [3.63, 3.8) is 0 Å². The summed E-state index contributed by atoms with van der Waals surface area (Å²) in [7, 11) is -3.59. The van der Waals surface area contributed by atoms with Crippen LogP contribution >= 0.6 is 0 Å². The van der Waals surface area contributed by atoms with E-state index in [0.29, 0.717) is 17.0 Å². The van der Waals surface area contributed by atoms with E-state index in [1.54, 1.807) is 0 Å². The van der Waals surface area contributed by atoms with Gasteiger partial charge in [0.05, 0.1) is 41.0 Å². The minimum absolute atomic E-state index is 0.175. The number of hydrogen-bond donors (Lipinski definition) is 3. The zero-order chi connectivity index (χ0) is 25.3. The predicted molar refractivity (Wildman–Crippen MR) is 117 cm³/mol. The second kappa shape index (κ2) is 9.11. The normalized spacial score (nSPS) is 11.4. The summed E-state index contributed by atoms with van der Waals surface area (Å²) in [5, 5.41) is 6.93. The maximum absolute atomic E-state index is 15.1. The molecule has 0 fully saturated rings. The largest absolute Gasteiger partial charge is 0.480 e. The Morgan fingerprint density at radius 2 is 1.91 bits per heavy atom. The number of nitrogens with zero attached hydrogens (tertiary/aromatic N) is 3. The highest BCUT2D eigenvalue weighted by Gasteiger charge is 2.25. The summed E-state index contributed by atoms with van der Waals surface area (Å²) in [6.07, 6.45) is 0.416. The van der Waals surface area contributed by atoms with Crippen molar-refractivity contribution in [2.45, 2.75) is 11.3 Å². The van der Waals surface area contributed by atoms with Crippen LogP contribution in [-0.4, -0.2) is 35.7 Å². The van der Waals surface area contributed by atoms with Gasteiger partial charge in [0.25, 0.3) is 16.4 Å². The lowest BCUT2D eigenvalue weighted by Crippen LogP contribution is -2.16. The first-order valence-corrected chi connectivity index (χ1v) is 11.0. The fraction of sp³-hybridized carbons (Fsp3) is 0.0952. The molecule has 3 aromatic heterocycles. The van der Waals surface area contributed by atoms with E-state index in [4.69, 9.17) is 10.5 Å². The van der Waals surface area contributed by atoms with Crippen molar-refractivity contribution in [1.29, 1.82) is 0 Å². The number of fused-ring (bicyclic) bond motifs is 1. The summed E-state index contributed by atoms with van der Waals surface area (Å²) in [5.74, 6) is 2.14. The number of methoxy groups -OCH3 is 1. The minimum atomic E-state index is -4.68. The molecule has 3 heterocycles. The first-order valence-electron chi connectivity index (χ1n) is 9.55.